The summed E-state index contributed by atoms with van der Waals surface area (Å²) in [5.41, 5.74) is 3.25. The lowest BCUT2D eigenvalue weighted by Crippen LogP contribution is -2.28. The molecule has 2 N–H and O–H groups in total. The lowest BCUT2D eigenvalue weighted by molar-refractivity contribution is 0.269. The van der Waals surface area contributed by atoms with Crippen LogP contribution in [-0.2, 0) is 16.6 Å². The highest BCUT2D eigenvalue weighted by atomic mass is 32.2. The Bertz CT molecular complexity index is 1000. The van der Waals surface area contributed by atoms with Gasteiger partial charge in [0.15, 0.2) is 0 Å². The second-order valence-corrected chi connectivity index (χ2v) is 9.34. The van der Waals surface area contributed by atoms with E-state index in [1.165, 1.54) is 12.1 Å². The number of hydrogen-bond acceptors (Lipinski definition) is 6. The molecule has 1 aliphatic heterocycles. The smallest absolute Gasteiger partial charge is 0.240 e. The number of aliphatic hydroxyl groups excluding tert-OH is 1. The molecule has 2 aromatic carbocycles. The van der Waals surface area contributed by atoms with Crippen molar-refractivity contribution in [2.45, 2.75) is 17.9 Å². The Morgan fingerprint density at radius 2 is 1.87 bits per heavy atom. The third kappa shape index (κ3) is 5.65. The molecule has 0 radical (unpaired) electrons. The van der Waals surface area contributed by atoms with Gasteiger partial charge in [0.1, 0.15) is 0 Å². The molecule has 0 bridgehead atoms. The first-order chi connectivity index (χ1) is 14.4. The van der Waals surface area contributed by atoms with Gasteiger partial charge in [-0.3, -0.25) is 4.90 Å². The first-order valence-electron chi connectivity index (χ1n) is 10.1. The van der Waals surface area contributed by atoms with E-state index in [2.05, 4.69) is 27.6 Å². The molecule has 0 aromatic heterocycles. The van der Waals surface area contributed by atoms with Gasteiger partial charge in [-0.05, 0) is 61.4 Å². The Hall–Kier alpha value is -2.28. The summed E-state index contributed by atoms with van der Waals surface area (Å²) in [6.45, 7) is 4.75. The van der Waals surface area contributed by atoms with Crippen LogP contribution in [0.3, 0.4) is 0 Å². The topological polar surface area (TPSA) is 96.7 Å². The van der Waals surface area contributed by atoms with Crippen molar-refractivity contribution in [2.75, 3.05) is 46.4 Å². The molecule has 0 aliphatic carbocycles. The SMILES string of the molecule is CN1CCCN(Cc2ccc(-c3ccc(S(=O)(=O)NCCO)cc3)c(C#N)c2)CC1. The zero-order valence-corrected chi connectivity index (χ0v) is 18.0. The molecule has 0 amide bonds. The fourth-order valence-corrected chi connectivity index (χ4v) is 4.65. The molecule has 1 saturated heterocycles. The van der Waals surface area contributed by atoms with Gasteiger partial charge in [0.05, 0.1) is 23.1 Å². The quantitative estimate of drug-likeness (QED) is 0.696. The van der Waals surface area contributed by atoms with Gasteiger partial charge in [0.25, 0.3) is 0 Å². The van der Waals surface area contributed by atoms with E-state index in [-0.39, 0.29) is 18.0 Å². The first kappa shape index (κ1) is 22.4. The minimum atomic E-state index is -3.65. The van der Waals surface area contributed by atoms with Crippen molar-refractivity contribution < 1.29 is 13.5 Å². The molecule has 0 unspecified atom stereocenters. The maximum absolute atomic E-state index is 12.2. The summed E-state index contributed by atoms with van der Waals surface area (Å²) in [6, 6.07) is 14.6. The highest BCUT2D eigenvalue weighted by Gasteiger charge is 2.15. The summed E-state index contributed by atoms with van der Waals surface area (Å²) < 4.78 is 26.6. The predicted octanol–water partition coefficient (Wildman–Crippen LogP) is 1.63. The van der Waals surface area contributed by atoms with Gasteiger partial charge in [-0.25, -0.2) is 13.1 Å². The minimum Gasteiger partial charge on any atom is -0.395 e. The summed E-state index contributed by atoms with van der Waals surface area (Å²) in [5.74, 6) is 0. The van der Waals surface area contributed by atoms with Crippen LogP contribution < -0.4 is 4.72 Å². The van der Waals surface area contributed by atoms with Crippen molar-refractivity contribution in [3.05, 3.63) is 53.6 Å². The van der Waals surface area contributed by atoms with Crippen LogP contribution in [-0.4, -0.2) is 69.7 Å². The third-order valence-electron chi connectivity index (χ3n) is 5.30. The first-order valence-corrected chi connectivity index (χ1v) is 11.6. The zero-order chi connectivity index (χ0) is 21.6. The van der Waals surface area contributed by atoms with Crippen LogP contribution in [0.1, 0.15) is 17.5 Å². The van der Waals surface area contributed by atoms with Gasteiger partial charge in [-0.1, -0.05) is 24.3 Å². The highest BCUT2D eigenvalue weighted by Crippen LogP contribution is 2.26. The summed E-state index contributed by atoms with van der Waals surface area (Å²) in [5, 5.41) is 18.5. The number of nitrogens with zero attached hydrogens (tertiary/aromatic N) is 3. The fourth-order valence-electron chi connectivity index (χ4n) is 3.63. The summed E-state index contributed by atoms with van der Waals surface area (Å²) in [6.07, 6.45) is 1.14. The number of nitrogens with one attached hydrogen (secondary N) is 1. The Balaban J connectivity index is 1.77. The normalized spacial score (nSPS) is 16.2. The second kappa shape index (κ2) is 10.2. The van der Waals surface area contributed by atoms with Gasteiger partial charge in [-0.15, -0.1) is 0 Å². The number of nitriles is 1. The Morgan fingerprint density at radius 3 is 2.57 bits per heavy atom. The maximum atomic E-state index is 12.2. The Labute approximate surface area is 178 Å². The summed E-state index contributed by atoms with van der Waals surface area (Å²) in [7, 11) is -1.51. The molecule has 3 rings (SSSR count). The fraction of sp³-hybridized carbons (Fsp3) is 0.409. The molecule has 0 saturated carbocycles. The number of aliphatic hydroxyl groups is 1. The van der Waals surface area contributed by atoms with Crippen LogP contribution in [0.25, 0.3) is 11.1 Å². The molecular formula is C22H28N4O3S. The number of rotatable bonds is 7. The second-order valence-electron chi connectivity index (χ2n) is 7.57. The maximum Gasteiger partial charge on any atom is 0.240 e. The average molecular weight is 429 g/mol. The average Bonchev–Trinajstić information content (AvgIpc) is 2.96. The van der Waals surface area contributed by atoms with Crippen LogP contribution in [0.15, 0.2) is 47.4 Å². The monoisotopic (exact) mass is 428 g/mol. The molecule has 7 nitrogen and oxygen atoms in total. The van der Waals surface area contributed by atoms with Gasteiger partial charge in [0, 0.05) is 26.2 Å². The van der Waals surface area contributed by atoms with Crippen LogP contribution in [0.5, 0.6) is 0 Å². The zero-order valence-electron chi connectivity index (χ0n) is 17.2. The molecule has 1 fully saturated rings. The molecule has 8 heteroatoms. The molecule has 160 valence electrons. The lowest BCUT2D eigenvalue weighted by Gasteiger charge is -2.20. The molecule has 1 heterocycles. The molecule has 30 heavy (non-hydrogen) atoms. The van der Waals surface area contributed by atoms with Crippen molar-refractivity contribution in [1.82, 2.24) is 14.5 Å². The van der Waals surface area contributed by atoms with E-state index >= 15 is 0 Å². The van der Waals surface area contributed by atoms with E-state index in [1.54, 1.807) is 12.1 Å². The largest absolute Gasteiger partial charge is 0.395 e. The van der Waals surface area contributed by atoms with E-state index < -0.39 is 10.0 Å². The van der Waals surface area contributed by atoms with Crippen LogP contribution in [0.2, 0.25) is 0 Å². The lowest BCUT2D eigenvalue weighted by atomic mass is 9.98. The van der Waals surface area contributed by atoms with Crippen molar-refractivity contribution in [3.8, 4) is 17.2 Å². The molecular weight excluding hydrogens is 400 g/mol. The molecule has 2 aromatic rings. The van der Waals surface area contributed by atoms with Crippen molar-refractivity contribution in [2.24, 2.45) is 0 Å². The molecule has 0 atom stereocenters. The van der Waals surface area contributed by atoms with E-state index in [9.17, 15) is 13.7 Å². The Kier molecular flexibility index (Phi) is 7.58. The van der Waals surface area contributed by atoms with Gasteiger partial charge < -0.3 is 10.0 Å². The van der Waals surface area contributed by atoms with Crippen molar-refractivity contribution >= 4 is 10.0 Å². The number of benzene rings is 2. The number of sulfonamides is 1. The van der Waals surface area contributed by atoms with Gasteiger partial charge >= 0.3 is 0 Å². The standard InChI is InChI=1S/C22H28N4O3S/c1-25-10-2-11-26(13-12-25)17-18-3-8-22(20(15-18)16-23)19-4-6-21(7-5-19)30(28,29)24-9-14-27/h3-8,15,24,27H,2,9-14,17H2,1H3. The van der Waals surface area contributed by atoms with E-state index in [0.29, 0.717) is 5.56 Å². The molecule has 0 spiro atoms. The predicted molar refractivity (Wildman–Crippen MR) is 116 cm³/mol. The van der Waals surface area contributed by atoms with E-state index in [0.717, 1.165) is 55.8 Å². The minimum absolute atomic E-state index is 0.0303. The van der Waals surface area contributed by atoms with Crippen molar-refractivity contribution in [3.63, 3.8) is 0 Å². The third-order valence-corrected chi connectivity index (χ3v) is 6.78. The highest BCUT2D eigenvalue weighted by molar-refractivity contribution is 7.89. The molecule has 1 aliphatic rings. The van der Waals surface area contributed by atoms with E-state index in [1.807, 2.05) is 18.2 Å². The number of likely N-dealkylation sites (N-methyl/N-ethyl adjacent to an activating group) is 1. The summed E-state index contributed by atoms with van der Waals surface area (Å²) >= 11 is 0. The number of hydrogen-bond donors (Lipinski definition) is 2. The van der Waals surface area contributed by atoms with Crippen LogP contribution in [0.4, 0.5) is 0 Å². The van der Waals surface area contributed by atoms with E-state index in [4.69, 9.17) is 5.11 Å². The Morgan fingerprint density at radius 1 is 1.10 bits per heavy atom. The summed E-state index contributed by atoms with van der Waals surface area (Å²) in [4.78, 5) is 4.88. The van der Waals surface area contributed by atoms with Gasteiger partial charge in [0.2, 0.25) is 10.0 Å². The van der Waals surface area contributed by atoms with Crippen LogP contribution >= 0.6 is 0 Å². The van der Waals surface area contributed by atoms with Crippen LogP contribution in [0, 0.1) is 11.3 Å². The van der Waals surface area contributed by atoms with Crippen molar-refractivity contribution in [1.29, 1.82) is 5.26 Å². The van der Waals surface area contributed by atoms with Gasteiger partial charge in [-0.2, -0.15) is 5.26 Å².